The number of anilines is 1. The van der Waals surface area contributed by atoms with Crippen LogP contribution in [-0.4, -0.2) is 33.6 Å². The molecule has 122 valence electrons. The van der Waals surface area contributed by atoms with Gasteiger partial charge in [0.2, 0.25) is 0 Å². The molecule has 0 bridgehead atoms. The van der Waals surface area contributed by atoms with Crippen molar-refractivity contribution in [1.29, 1.82) is 0 Å². The molecule has 0 radical (unpaired) electrons. The highest BCUT2D eigenvalue weighted by Gasteiger charge is 2.21. The average molecular weight is 340 g/mol. The number of ether oxygens (including phenoxy) is 2. The maximum absolute atomic E-state index is 13.5. The average Bonchev–Trinajstić information content (AvgIpc) is 2.55. The number of carbonyl (C=O) groups excluding carboxylic acids is 1. The number of hydrogen-bond donors (Lipinski definition) is 1. The van der Waals surface area contributed by atoms with Gasteiger partial charge in [0.05, 0.1) is 19.1 Å². The number of benzene rings is 1. The maximum atomic E-state index is 13.5. The second kappa shape index (κ2) is 6.61. The van der Waals surface area contributed by atoms with Crippen LogP contribution in [-0.2, 0) is 14.8 Å². The van der Waals surface area contributed by atoms with Gasteiger partial charge in [0.15, 0.2) is 11.6 Å². The summed E-state index contributed by atoms with van der Waals surface area (Å²) in [6, 6.07) is 5.97. The molecule has 0 unspecified atom stereocenters. The lowest BCUT2D eigenvalue weighted by Crippen LogP contribution is -2.15. The summed E-state index contributed by atoms with van der Waals surface area (Å²) in [7, 11) is -1.63. The summed E-state index contributed by atoms with van der Waals surface area (Å²) in [5.74, 6) is -1.89. The molecule has 1 aromatic heterocycles. The van der Waals surface area contributed by atoms with Gasteiger partial charge in [0.25, 0.3) is 10.0 Å². The fourth-order valence-corrected chi connectivity index (χ4v) is 2.80. The van der Waals surface area contributed by atoms with Crippen LogP contribution in [0.15, 0.2) is 41.4 Å². The zero-order valence-corrected chi connectivity index (χ0v) is 13.1. The van der Waals surface area contributed by atoms with Gasteiger partial charge in [-0.3, -0.25) is 4.72 Å². The van der Waals surface area contributed by atoms with E-state index in [-0.39, 0.29) is 16.2 Å². The molecule has 0 atom stereocenters. The van der Waals surface area contributed by atoms with Crippen molar-refractivity contribution in [3.8, 4) is 5.75 Å². The first-order valence-electron chi connectivity index (χ1n) is 6.28. The second-order valence-electron chi connectivity index (χ2n) is 4.29. The van der Waals surface area contributed by atoms with Crippen LogP contribution < -0.4 is 9.46 Å². The van der Waals surface area contributed by atoms with Gasteiger partial charge < -0.3 is 9.47 Å². The number of aromatic nitrogens is 1. The molecule has 7 nitrogen and oxygen atoms in total. The fourth-order valence-electron chi connectivity index (χ4n) is 1.76. The minimum absolute atomic E-state index is 0.0150. The maximum Gasteiger partial charge on any atom is 0.341 e. The molecule has 0 aliphatic heterocycles. The number of hydrogen-bond acceptors (Lipinski definition) is 6. The molecule has 1 N–H and O–H groups in total. The molecular weight excluding hydrogens is 327 g/mol. The van der Waals surface area contributed by atoms with Crippen molar-refractivity contribution in [3.05, 3.63) is 47.9 Å². The van der Waals surface area contributed by atoms with Crippen molar-refractivity contribution in [3.63, 3.8) is 0 Å². The van der Waals surface area contributed by atoms with Crippen molar-refractivity contribution >= 4 is 21.8 Å². The van der Waals surface area contributed by atoms with Gasteiger partial charge >= 0.3 is 5.97 Å². The highest BCUT2D eigenvalue weighted by Crippen LogP contribution is 2.25. The molecule has 1 aromatic carbocycles. The molecule has 0 fully saturated rings. The minimum Gasteiger partial charge on any atom is -0.496 e. The van der Waals surface area contributed by atoms with Gasteiger partial charge in [-0.15, -0.1) is 0 Å². The number of halogens is 1. The number of carbonyl (C=O) groups is 1. The van der Waals surface area contributed by atoms with E-state index < -0.39 is 27.6 Å². The molecule has 0 saturated heterocycles. The van der Waals surface area contributed by atoms with Gasteiger partial charge in [-0.1, -0.05) is 0 Å². The standard InChI is InChI=1S/C14H13FN2O5S/c1-21-12-8-9(5-6-10(12)14(18)22-2)23(19,20)17-13-11(15)4-3-7-16-13/h3-8H,1-2H3,(H,16,17). The Labute approximate surface area is 132 Å². The number of pyridine rings is 1. The molecule has 23 heavy (non-hydrogen) atoms. The van der Waals surface area contributed by atoms with E-state index in [1.54, 1.807) is 0 Å². The van der Waals surface area contributed by atoms with E-state index >= 15 is 0 Å². The van der Waals surface area contributed by atoms with E-state index in [2.05, 4.69) is 9.72 Å². The van der Waals surface area contributed by atoms with Crippen LogP contribution in [0.5, 0.6) is 5.75 Å². The van der Waals surface area contributed by atoms with Gasteiger partial charge in [-0.05, 0) is 24.3 Å². The predicted octanol–water partition coefficient (Wildman–Crippen LogP) is 1.82. The SMILES string of the molecule is COC(=O)c1ccc(S(=O)(=O)Nc2ncccc2F)cc1OC. The number of nitrogens with one attached hydrogen (secondary N) is 1. The Kier molecular flexibility index (Phi) is 4.80. The molecule has 2 rings (SSSR count). The molecule has 0 aliphatic rings. The minimum atomic E-state index is -4.10. The Balaban J connectivity index is 2.41. The number of sulfonamides is 1. The number of esters is 1. The van der Waals surface area contributed by atoms with Crippen LogP contribution in [0.2, 0.25) is 0 Å². The van der Waals surface area contributed by atoms with Crippen LogP contribution in [0.25, 0.3) is 0 Å². The number of rotatable bonds is 5. The van der Waals surface area contributed by atoms with E-state index in [9.17, 15) is 17.6 Å². The summed E-state index contributed by atoms with van der Waals surface area (Å²) in [5.41, 5.74) is 0.0676. The highest BCUT2D eigenvalue weighted by molar-refractivity contribution is 7.92. The third kappa shape index (κ3) is 3.57. The summed E-state index contributed by atoms with van der Waals surface area (Å²) in [5, 5.41) is 0. The Morgan fingerprint density at radius 2 is 2.00 bits per heavy atom. The Morgan fingerprint density at radius 3 is 2.61 bits per heavy atom. The Hall–Kier alpha value is -2.68. The van der Waals surface area contributed by atoms with E-state index in [4.69, 9.17) is 4.74 Å². The molecule has 2 aromatic rings. The van der Waals surface area contributed by atoms with Gasteiger partial charge in [0, 0.05) is 12.3 Å². The zero-order valence-electron chi connectivity index (χ0n) is 12.2. The second-order valence-corrected chi connectivity index (χ2v) is 5.98. The first-order chi connectivity index (χ1) is 10.9. The fraction of sp³-hybridized carbons (Fsp3) is 0.143. The van der Waals surface area contributed by atoms with Gasteiger partial charge in [0.1, 0.15) is 11.3 Å². The topological polar surface area (TPSA) is 94.6 Å². The quantitative estimate of drug-likeness (QED) is 0.834. The van der Waals surface area contributed by atoms with Crippen LogP contribution in [0.4, 0.5) is 10.2 Å². The lowest BCUT2D eigenvalue weighted by atomic mass is 10.2. The van der Waals surface area contributed by atoms with Crippen molar-refractivity contribution in [1.82, 2.24) is 4.98 Å². The summed E-state index contributed by atoms with van der Waals surface area (Å²) in [6.07, 6.45) is 1.25. The summed E-state index contributed by atoms with van der Waals surface area (Å²) in [6.45, 7) is 0. The summed E-state index contributed by atoms with van der Waals surface area (Å²) < 4.78 is 49.7. The largest absolute Gasteiger partial charge is 0.496 e. The highest BCUT2D eigenvalue weighted by atomic mass is 32.2. The lowest BCUT2D eigenvalue weighted by molar-refractivity contribution is 0.0597. The molecule has 0 saturated carbocycles. The third-order valence-corrected chi connectivity index (χ3v) is 4.21. The molecule has 1 heterocycles. The normalized spacial score (nSPS) is 10.9. The Bertz CT molecular complexity index is 839. The molecule has 9 heteroatoms. The van der Waals surface area contributed by atoms with E-state index in [1.165, 1.54) is 38.6 Å². The molecule has 0 aliphatic carbocycles. The number of methoxy groups -OCH3 is 2. The van der Waals surface area contributed by atoms with Crippen LogP contribution in [0, 0.1) is 5.82 Å². The van der Waals surface area contributed by atoms with Gasteiger partial charge in [-0.25, -0.2) is 22.6 Å². The molecule has 0 amide bonds. The van der Waals surface area contributed by atoms with Crippen LogP contribution >= 0.6 is 0 Å². The van der Waals surface area contributed by atoms with Crippen molar-refractivity contribution in [2.75, 3.05) is 18.9 Å². The molecular formula is C14H13FN2O5S. The number of nitrogens with zero attached hydrogens (tertiary/aromatic N) is 1. The van der Waals surface area contributed by atoms with Gasteiger partial charge in [-0.2, -0.15) is 0 Å². The first-order valence-corrected chi connectivity index (χ1v) is 7.77. The smallest absolute Gasteiger partial charge is 0.341 e. The van der Waals surface area contributed by atoms with Crippen molar-refractivity contribution in [2.24, 2.45) is 0 Å². The van der Waals surface area contributed by atoms with E-state index in [0.717, 1.165) is 12.1 Å². The van der Waals surface area contributed by atoms with Crippen molar-refractivity contribution < 1.29 is 27.1 Å². The summed E-state index contributed by atoms with van der Waals surface area (Å²) >= 11 is 0. The third-order valence-electron chi connectivity index (χ3n) is 2.88. The van der Waals surface area contributed by atoms with E-state index in [1.807, 2.05) is 4.72 Å². The van der Waals surface area contributed by atoms with E-state index in [0.29, 0.717) is 0 Å². The molecule has 0 spiro atoms. The zero-order chi connectivity index (χ0) is 17.0. The van der Waals surface area contributed by atoms with Crippen LogP contribution in [0.3, 0.4) is 0 Å². The van der Waals surface area contributed by atoms with Crippen LogP contribution in [0.1, 0.15) is 10.4 Å². The predicted molar refractivity (Wildman–Crippen MR) is 79.3 cm³/mol. The van der Waals surface area contributed by atoms with Crippen molar-refractivity contribution in [2.45, 2.75) is 4.90 Å². The Morgan fingerprint density at radius 1 is 1.26 bits per heavy atom. The lowest BCUT2D eigenvalue weighted by Gasteiger charge is -2.11. The summed E-state index contributed by atoms with van der Waals surface area (Å²) in [4.78, 5) is 15.0. The monoisotopic (exact) mass is 340 g/mol. The first kappa shape index (κ1) is 16.7.